The zero-order valence-corrected chi connectivity index (χ0v) is 10.1. The molecule has 17 heavy (non-hydrogen) atoms. The van der Waals surface area contributed by atoms with Crippen molar-refractivity contribution in [3.8, 4) is 11.3 Å². The number of nitrogens with zero attached hydrogens (tertiary/aromatic N) is 1. The quantitative estimate of drug-likeness (QED) is 0.816. The van der Waals surface area contributed by atoms with E-state index in [1.807, 2.05) is 37.3 Å². The summed E-state index contributed by atoms with van der Waals surface area (Å²) in [5.74, 6) is -0.827. The zero-order valence-electron chi connectivity index (χ0n) is 9.30. The largest absolute Gasteiger partial charge is 0.481 e. The van der Waals surface area contributed by atoms with Crippen LogP contribution in [0, 0.1) is 6.92 Å². The lowest BCUT2D eigenvalue weighted by atomic mass is 10.1. The number of nitrogens with one attached hydrogen (secondary N) is 1. The Balaban J connectivity index is 2.22. The van der Waals surface area contributed by atoms with Crippen molar-refractivity contribution in [1.82, 2.24) is 9.97 Å². The monoisotopic (exact) mass is 248 g/mol. The maximum Gasteiger partial charge on any atom is 0.313 e. The molecule has 2 N–H and O–H groups in total. The van der Waals surface area contributed by atoms with Gasteiger partial charge >= 0.3 is 5.97 Å². The number of rotatable bonds is 4. The molecule has 0 saturated carbocycles. The third-order valence-electron chi connectivity index (χ3n) is 2.24. The van der Waals surface area contributed by atoms with E-state index in [4.69, 9.17) is 5.11 Å². The molecule has 0 amide bonds. The minimum absolute atomic E-state index is 0.0151. The Morgan fingerprint density at radius 2 is 2.12 bits per heavy atom. The summed E-state index contributed by atoms with van der Waals surface area (Å²) in [6.45, 7) is 1.93. The highest BCUT2D eigenvalue weighted by Crippen LogP contribution is 2.24. The summed E-state index contributed by atoms with van der Waals surface area (Å²) >= 11 is 1.19. The number of hydrogen-bond donors (Lipinski definition) is 2. The number of carbonyl (C=O) groups is 1. The summed E-state index contributed by atoms with van der Waals surface area (Å²) in [4.78, 5) is 18.0. The van der Waals surface area contributed by atoms with E-state index in [1.165, 1.54) is 11.8 Å². The second-order valence-electron chi connectivity index (χ2n) is 3.56. The first-order valence-electron chi connectivity index (χ1n) is 5.13. The van der Waals surface area contributed by atoms with E-state index in [0.717, 1.165) is 17.0 Å². The first kappa shape index (κ1) is 11.7. The lowest BCUT2D eigenvalue weighted by Crippen LogP contribution is -1.97. The van der Waals surface area contributed by atoms with Crippen molar-refractivity contribution in [2.75, 3.05) is 5.75 Å². The number of aromatic nitrogens is 2. The second-order valence-corrected chi connectivity index (χ2v) is 4.53. The number of benzene rings is 1. The van der Waals surface area contributed by atoms with Crippen molar-refractivity contribution in [2.24, 2.45) is 0 Å². The minimum Gasteiger partial charge on any atom is -0.481 e. The number of hydrogen-bond acceptors (Lipinski definition) is 3. The smallest absolute Gasteiger partial charge is 0.313 e. The molecule has 5 heteroatoms. The van der Waals surface area contributed by atoms with Crippen molar-refractivity contribution in [1.29, 1.82) is 0 Å². The lowest BCUT2D eigenvalue weighted by molar-refractivity contribution is -0.133. The number of H-pyrrole nitrogens is 1. The van der Waals surface area contributed by atoms with Crippen LogP contribution < -0.4 is 0 Å². The maximum absolute atomic E-state index is 10.5. The van der Waals surface area contributed by atoms with E-state index in [2.05, 4.69) is 9.97 Å². The maximum atomic E-state index is 10.5. The fourth-order valence-corrected chi connectivity index (χ4v) is 2.15. The molecule has 1 heterocycles. The van der Waals surface area contributed by atoms with Gasteiger partial charge in [-0.25, -0.2) is 4.98 Å². The van der Waals surface area contributed by atoms with Crippen LogP contribution in [0.15, 0.2) is 35.5 Å². The van der Waals surface area contributed by atoms with Gasteiger partial charge in [-0.2, -0.15) is 0 Å². The van der Waals surface area contributed by atoms with Crippen LogP contribution in [0.25, 0.3) is 11.3 Å². The SMILES string of the molecule is Cc1[nH]c(SCC(=O)O)nc1-c1ccccc1. The zero-order chi connectivity index (χ0) is 12.3. The van der Waals surface area contributed by atoms with E-state index in [0.29, 0.717) is 5.16 Å². The minimum atomic E-state index is -0.842. The number of carboxylic acids is 1. The average molecular weight is 248 g/mol. The number of aromatic amines is 1. The Labute approximate surface area is 103 Å². The Kier molecular flexibility index (Phi) is 3.49. The van der Waals surface area contributed by atoms with Crippen molar-refractivity contribution in [2.45, 2.75) is 12.1 Å². The normalized spacial score (nSPS) is 10.4. The Hall–Kier alpha value is -1.75. The van der Waals surface area contributed by atoms with Gasteiger partial charge in [0.1, 0.15) is 0 Å². The number of aryl methyl sites for hydroxylation is 1. The van der Waals surface area contributed by atoms with Gasteiger partial charge in [0.2, 0.25) is 0 Å². The predicted octanol–water partition coefficient (Wildman–Crippen LogP) is 2.56. The molecule has 1 aromatic heterocycles. The van der Waals surface area contributed by atoms with Gasteiger partial charge in [-0.3, -0.25) is 4.79 Å². The first-order valence-corrected chi connectivity index (χ1v) is 6.12. The number of carboxylic acid groups (broad SMARTS) is 1. The van der Waals surface area contributed by atoms with Crippen molar-refractivity contribution < 1.29 is 9.90 Å². The molecule has 0 unspecified atom stereocenters. The molecule has 88 valence electrons. The third kappa shape index (κ3) is 2.88. The molecule has 0 spiro atoms. The summed E-state index contributed by atoms with van der Waals surface area (Å²) < 4.78 is 0. The third-order valence-corrected chi connectivity index (χ3v) is 3.10. The number of aliphatic carboxylic acids is 1. The molecule has 0 bridgehead atoms. The highest BCUT2D eigenvalue weighted by Gasteiger charge is 2.09. The molecular formula is C12H12N2O2S. The van der Waals surface area contributed by atoms with Gasteiger partial charge in [0.25, 0.3) is 0 Å². The molecule has 2 rings (SSSR count). The number of thioether (sulfide) groups is 1. The molecule has 4 nitrogen and oxygen atoms in total. The topological polar surface area (TPSA) is 66.0 Å². The second kappa shape index (κ2) is 5.05. The van der Waals surface area contributed by atoms with E-state index < -0.39 is 5.97 Å². The molecule has 0 fully saturated rings. The molecule has 2 aromatic rings. The molecule has 0 radical (unpaired) electrons. The van der Waals surface area contributed by atoms with E-state index >= 15 is 0 Å². The van der Waals surface area contributed by atoms with Crippen LogP contribution in [0.3, 0.4) is 0 Å². The summed E-state index contributed by atoms with van der Waals surface area (Å²) in [5, 5.41) is 9.25. The molecule has 0 atom stereocenters. The van der Waals surface area contributed by atoms with Crippen molar-refractivity contribution in [3.63, 3.8) is 0 Å². The fourth-order valence-electron chi connectivity index (χ4n) is 1.51. The summed E-state index contributed by atoms with van der Waals surface area (Å²) in [6.07, 6.45) is 0. The average Bonchev–Trinajstić information content (AvgIpc) is 2.69. The van der Waals surface area contributed by atoms with Gasteiger partial charge in [-0.1, -0.05) is 42.1 Å². The van der Waals surface area contributed by atoms with Crippen LogP contribution in [0.5, 0.6) is 0 Å². The van der Waals surface area contributed by atoms with Crippen LogP contribution in [0.1, 0.15) is 5.69 Å². The van der Waals surface area contributed by atoms with Gasteiger partial charge in [0.15, 0.2) is 5.16 Å². The van der Waals surface area contributed by atoms with E-state index in [9.17, 15) is 4.79 Å². The van der Waals surface area contributed by atoms with Gasteiger partial charge in [0.05, 0.1) is 11.4 Å². The van der Waals surface area contributed by atoms with Crippen molar-refractivity contribution in [3.05, 3.63) is 36.0 Å². The van der Waals surface area contributed by atoms with Crippen LogP contribution in [0.4, 0.5) is 0 Å². The highest BCUT2D eigenvalue weighted by molar-refractivity contribution is 7.99. The highest BCUT2D eigenvalue weighted by atomic mass is 32.2. The van der Waals surface area contributed by atoms with Crippen LogP contribution in [-0.2, 0) is 4.79 Å². The van der Waals surface area contributed by atoms with Crippen LogP contribution in [-0.4, -0.2) is 26.8 Å². The first-order chi connectivity index (χ1) is 8.16. The molecule has 0 aliphatic heterocycles. The molecule has 0 aliphatic rings. The lowest BCUT2D eigenvalue weighted by Gasteiger charge is -1.96. The molecule has 1 aromatic carbocycles. The standard InChI is InChI=1S/C12H12N2O2S/c1-8-11(9-5-3-2-4-6-9)14-12(13-8)17-7-10(15)16/h2-6H,7H2,1H3,(H,13,14)(H,15,16). The van der Waals surface area contributed by atoms with Crippen LogP contribution >= 0.6 is 11.8 Å². The van der Waals surface area contributed by atoms with Gasteiger partial charge in [0, 0.05) is 11.3 Å². The van der Waals surface area contributed by atoms with E-state index in [1.54, 1.807) is 0 Å². The van der Waals surface area contributed by atoms with Gasteiger partial charge < -0.3 is 10.1 Å². The van der Waals surface area contributed by atoms with Crippen LogP contribution in [0.2, 0.25) is 0 Å². The summed E-state index contributed by atoms with van der Waals surface area (Å²) in [7, 11) is 0. The molecule has 0 aliphatic carbocycles. The summed E-state index contributed by atoms with van der Waals surface area (Å²) in [6, 6.07) is 9.82. The Bertz CT molecular complexity index is 523. The van der Waals surface area contributed by atoms with Gasteiger partial charge in [-0.15, -0.1) is 0 Å². The Morgan fingerprint density at radius 1 is 1.41 bits per heavy atom. The fraction of sp³-hybridized carbons (Fsp3) is 0.167. The van der Waals surface area contributed by atoms with Crippen molar-refractivity contribution >= 4 is 17.7 Å². The number of imidazole rings is 1. The van der Waals surface area contributed by atoms with Gasteiger partial charge in [-0.05, 0) is 6.92 Å². The molecule has 0 saturated heterocycles. The predicted molar refractivity (Wildman–Crippen MR) is 67.1 cm³/mol. The summed E-state index contributed by atoms with van der Waals surface area (Å²) in [5.41, 5.74) is 2.85. The Morgan fingerprint density at radius 3 is 2.76 bits per heavy atom. The van der Waals surface area contributed by atoms with E-state index in [-0.39, 0.29) is 5.75 Å². The molecular weight excluding hydrogens is 236 g/mol.